The predicted octanol–water partition coefficient (Wildman–Crippen LogP) is 2.41. The van der Waals surface area contributed by atoms with Crippen LogP contribution in [0.4, 0.5) is 17.6 Å². The maximum atomic E-state index is 13.6. The molecule has 1 fully saturated rings. The third kappa shape index (κ3) is 5.51. The Balaban J connectivity index is 1.14. The highest BCUT2D eigenvalue weighted by Gasteiger charge is 2.37. The quantitative estimate of drug-likeness (QED) is 0.281. The highest BCUT2D eigenvalue weighted by atomic mass is 19.4. The summed E-state index contributed by atoms with van der Waals surface area (Å²) in [6.07, 6.45) is -4.64. The number of hydrogen-bond donors (Lipinski definition) is 2. The van der Waals surface area contributed by atoms with Crippen molar-refractivity contribution in [1.29, 1.82) is 0 Å². The Hall–Kier alpha value is -4.75. The molecule has 0 bridgehead atoms. The lowest BCUT2D eigenvalue weighted by molar-refractivity contribution is -0.138. The van der Waals surface area contributed by atoms with E-state index in [9.17, 15) is 36.7 Å². The van der Waals surface area contributed by atoms with E-state index in [1.807, 2.05) is 0 Å². The molecule has 2 aliphatic rings. The molecule has 0 aliphatic carbocycles. The van der Waals surface area contributed by atoms with Crippen LogP contribution in [0.2, 0.25) is 0 Å². The van der Waals surface area contributed by atoms with Crippen LogP contribution in [0.5, 0.6) is 5.75 Å². The third-order valence-electron chi connectivity index (χ3n) is 6.58. The van der Waals surface area contributed by atoms with E-state index in [0.29, 0.717) is 35.2 Å². The topological polar surface area (TPSA) is 125 Å². The Bertz CT molecular complexity index is 1510. The number of benzene rings is 2. The first kappa shape index (κ1) is 26.8. The molecule has 0 radical (unpaired) electrons. The minimum absolute atomic E-state index is 0.0220. The summed E-state index contributed by atoms with van der Waals surface area (Å²) >= 11 is 0. The van der Waals surface area contributed by atoms with Crippen molar-refractivity contribution in [1.82, 2.24) is 25.3 Å². The van der Waals surface area contributed by atoms with Gasteiger partial charge in [0.1, 0.15) is 17.3 Å². The molecule has 0 spiro atoms. The molecular weight excluding hydrogens is 538 g/mol. The second-order valence-corrected chi connectivity index (χ2v) is 9.18. The van der Waals surface area contributed by atoms with Crippen LogP contribution in [0.3, 0.4) is 0 Å². The number of aromatic amines is 1. The minimum Gasteiger partial charge on any atom is -0.426 e. The third-order valence-corrected chi connectivity index (χ3v) is 6.58. The molecule has 208 valence electrons. The number of carbonyl (C=O) groups excluding carboxylic acids is 4. The molecule has 0 unspecified atom stereocenters. The summed E-state index contributed by atoms with van der Waals surface area (Å²) < 4.78 is 58.6. The lowest BCUT2D eigenvalue weighted by Crippen LogP contribution is -2.52. The predicted molar refractivity (Wildman–Crippen MR) is 130 cm³/mol. The van der Waals surface area contributed by atoms with Crippen LogP contribution in [0.25, 0.3) is 11.3 Å². The van der Waals surface area contributed by atoms with Crippen molar-refractivity contribution in [3.05, 3.63) is 70.7 Å². The van der Waals surface area contributed by atoms with Crippen LogP contribution >= 0.6 is 0 Å². The average Bonchev–Trinajstić information content (AvgIpc) is 3.56. The van der Waals surface area contributed by atoms with Gasteiger partial charge in [-0.15, -0.1) is 0 Å². The molecule has 5 rings (SSSR count). The number of nitrogens with zero attached hydrogens (tertiary/aromatic N) is 3. The van der Waals surface area contributed by atoms with Crippen molar-refractivity contribution in [2.24, 2.45) is 0 Å². The van der Waals surface area contributed by atoms with E-state index in [4.69, 9.17) is 4.74 Å². The standard InChI is InChI=1S/C26H21F4N5O5/c27-16-3-4-18(26(28,29)30)17(11-16)25(39)35-7-5-34(6-8-35)22(36)13-31-24(38)20-12-19(32-33-20)14-1-2-15-10-23(37)40-21(15)9-14/h1-4,9,11-12H,5-8,10,13H2,(H,31,38)(H,32,33). The maximum Gasteiger partial charge on any atom is 0.417 e. The largest absolute Gasteiger partial charge is 0.426 e. The number of nitrogens with one attached hydrogen (secondary N) is 2. The normalized spacial score (nSPS) is 15.1. The number of rotatable bonds is 5. The Morgan fingerprint density at radius 2 is 1.73 bits per heavy atom. The summed E-state index contributed by atoms with van der Waals surface area (Å²) in [4.78, 5) is 51.8. The first-order chi connectivity index (χ1) is 19.0. The molecule has 14 heteroatoms. The van der Waals surface area contributed by atoms with Gasteiger partial charge in [0, 0.05) is 37.3 Å². The lowest BCUT2D eigenvalue weighted by atomic mass is 10.0. The monoisotopic (exact) mass is 559 g/mol. The van der Waals surface area contributed by atoms with Crippen LogP contribution in [0.1, 0.15) is 32.0 Å². The number of hydrogen-bond acceptors (Lipinski definition) is 6. The molecule has 10 nitrogen and oxygen atoms in total. The van der Waals surface area contributed by atoms with Crippen molar-refractivity contribution in [3.8, 4) is 17.0 Å². The molecule has 3 aromatic rings. The van der Waals surface area contributed by atoms with Crippen LogP contribution < -0.4 is 10.1 Å². The molecule has 40 heavy (non-hydrogen) atoms. The summed E-state index contributed by atoms with van der Waals surface area (Å²) in [7, 11) is 0. The Morgan fingerprint density at radius 3 is 2.45 bits per heavy atom. The Morgan fingerprint density at radius 1 is 1.00 bits per heavy atom. The van der Waals surface area contributed by atoms with Gasteiger partial charge in [-0.05, 0) is 30.3 Å². The summed E-state index contributed by atoms with van der Waals surface area (Å²) in [5, 5.41) is 9.16. The van der Waals surface area contributed by atoms with Crippen LogP contribution in [-0.2, 0) is 22.2 Å². The van der Waals surface area contributed by atoms with Gasteiger partial charge in [-0.25, -0.2) is 4.39 Å². The summed E-state index contributed by atoms with van der Waals surface area (Å²) in [6.45, 7) is -0.445. The fourth-order valence-corrected chi connectivity index (χ4v) is 4.49. The highest BCUT2D eigenvalue weighted by Crippen LogP contribution is 2.33. The summed E-state index contributed by atoms with van der Waals surface area (Å²) in [5.74, 6) is -2.93. The molecule has 3 heterocycles. The number of aromatic nitrogens is 2. The molecule has 1 saturated heterocycles. The Labute approximate surface area is 223 Å². The number of fused-ring (bicyclic) bond motifs is 1. The SMILES string of the molecule is O=C1Cc2ccc(-c3cc(C(=O)NCC(=O)N4CCN(C(=O)c5cc(F)ccc5C(F)(F)F)CC4)[nH]n3)cc2O1. The van der Waals surface area contributed by atoms with Crippen molar-refractivity contribution >= 4 is 23.7 Å². The van der Waals surface area contributed by atoms with Gasteiger partial charge in [0.05, 0.1) is 29.8 Å². The number of esters is 1. The molecule has 2 aromatic carbocycles. The zero-order valence-corrected chi connectivity index (χ0v) is 20.7. The molecule has 0 atom stereocenters. The molecule has 0 saturated carbocycles. The maximum absolute atomic E-state index is 13.6. The molecule has 1 aromatic heterocycles. The van der Waals surface area contributed by atoms with E-state index in [-0.39, 0.29) is 50.8 Å². The van der Waals surface area contributed by atoms with Crippen molar-refractivity contribution in [3.63, 3.8) is 0 Å². The number of ether oxygens (including phenoxy) is 1. The van der Waals surface area contributed by atoms with Gasteiger partial charge in [0.15, 0.2) is 0 Å². The number of piperazine rings is 1. The minimum atomic E-state index is -4.83. The zero-order valence-electron chi connectivity index (χ0n) is 20.7. The van der Waals surface area contributed by atoms with Gasteiger partial charge in [-0.1, -0.05) is 12.1 Å². The van der Waals surface area contributed by atoms with E-state index < -0.39 is 40.8 Å². The number of carbonyl (C=O) groups is 4. The van der Waals surface area contributed by atoms with Gasteiger partial charge < -0.3 is 19.9 Å². The van der Waals surface area contributed by atoms with Crippen LogP contribution in [0, 0.1) is 5.82 Å². The summed E-state index contributed by atoms with van der Waals surface area (Å²) in [5.41, 5.74) is -0.138. The number of alkyl halides is 3. The molecular formula is C26H21F4N5O5. The van der Waals surface area contributed by atoms with E-state index in [1.165, 1.54) is 11.0 Å². The fourth-order valence-electron chi connectivity index (χ4n) is 4.49. The van der Waals surface area contributed by atoms with Crippen LogP contribution in [-0.4, -0.2) is 76.4 Å². The van der Waals surface area contributed by atoms with Crippen LogP contribution in [0.15, 0.2) is 42.5 Å². The fraction of sp³-hybridized carbons (Fsp3) is 0.269. The second-order valence-electron chi connectivity index (χ2n) is 9.18. The lowest BCUT2D eigenvalue weighted by Gasteiger charge is -2.35. The van der Waals surface area contributed by atoms with Gasteiger partial charge in [-0.3, -0.25) is 24.3 Å². The van der Waals surface area contributed by atoms with E-state index in [2.05, 4.69) is 15.5 Å². The first-order valence-corrected chi connectivity index (χ1v) is 12.1. The number of amides is 3. The van der Waals surface area contributed by atoms with E-state index in [1.54, 1.807) is 18.2 Å². The van der Waals surface area contributed by atoms with Crippen molar-refractivity contribution < 1.29 is 41.5 Å². The molecule has 3 amide bonds. The van der Waals surface area contributed by atoms with E-state index in [0.717, 1.165) is 10.5 Å². The highest BCUT2D eigenvalue weighted by molar-refractivity contribution is 5.97. The second kappa shape index (κ2) is 10.4. The number of H-pyrrole nitrogens is 1. The van der Waals surface area contributed by atoms with Gasteiger partial charge in [0.2, 0.25) is 5.91 Å². The molecule has 2 N–H and O–H groups in total. The molecule has 2 aliphatic heterocycles. The summed E-state index contributed by atoms with van der Waals surface area (Å²) in [6, 6.07) is 8.32. The van der Waals surface area contributed by atoms with Gasteiger partial charge in [0.25, 0.3) is 11.8 Å². The van der Waals surface area contributed by atoms with Gasteiger partial charge >= 0.3 is 12.1 Å². The number of halogens is 4. The van der Waals surface area contributed by atoms with E-state index >= 15 is 0 Å². The smallest absolute Gasteiger partial charge is 0.417 e. The average molecular weight is 559 g/mol. The first-order valence-electron chi connectivity index (χ1n) is 12.1. The van der Waals surface area contributed by atoms with Crippen molar-refractivity contribution in [2.75, 3.05) is 32.7 Å². The van der Waals surface area contributed by atoms with Gasteiger partial charge in [-0.2, -0.15) is 18.3 Å². The zero-order chi connectivity index (χ0) is 28.6. The Kier molecular flexibility index (Phi) is 7.00. The van der Waals surface area contributed by atoms with Crippen molar-refractivity contribution in [2.45, 2.75) is 12.6 Å².